The van der Waals surface area contributed by atoms with Crippen LogP contribution >= 0.6 is 0 Å². The highest BCUT2D eigenvalue weighted by Crippen LogP contribution is 2.32. The fourth-order valence-corrected chi connectivity index (χ4v) is 3.28. The normalized spacial score (nSPS) is 10.7. The van der Waals surface area contributed by atoms with Crippen molar-refractivity contribution in [3.05, 3.63) is 92.8 Å². The predicted molar refractivity (Wildman–Crippen MR) is 118 cm³/mol. The van der Waals surface area contributed by atoms with Crippen LogP contribution in [0.3, 0.4) is 0 Å². The van der Waals surface area contributed by atoms with Crippen molar-refractivity contribution in [1.29, 1.82) is 0 Å². The van der Waals surface area contributed by atoms with Crippen molar-refractivity contribution >= 4 is 16.7 Å². The van der Waals surface area contributed by atoms with E-state index in [1.165, 1.54) is 25.5 Å². The number of hydrogen-bond acceptors (Lipinski definition) is 7. The number of ether oxygens (including phenoxy) is 3. The summed E-state index contributed by atoms with van der Waals surface area (Å²) in [6.45, 7) is 0.220. The van der Waals surface area contributed by atoms with Crippen LogP contribution in [0.2, 0.25) is 0 Å². The molecule has 0 aliphatic carbocycles. The van der Waals surface area contributed by atoms with Crippen molar-refractivity contribution in [2.75, 3.05) is 14.2 Å². The largest absolute Gasteiger partial charge is 0.493 e. The van der Waals surface area contributed by atoms with Gasteiger partial charge in [-0.2, -0.15) is 0 Å². The lowest BCUT2D eigenvalue weighted by atomic mass is 10.0. The predicted octanol–water partition coefficient (Wildman–Crippen LogP) is 4.96. The lowest BCUT2D eigenvalue weighted by molar-refractivity contribution is -0.384. The maximum atomic E-state index is 13.0. The number of non-ortho nitro benzene ring substituents is 1. The second-order valence-corrected chi connectivity index (χ2v) is 6.92. The second-order valence-electron chi connectivity index (χ2n) is 6.92. The lowest BCUT2D eigenvalue weighted by Crippen LogP contribution is -2.05. The Morgan fingerprint density at radius 2 is 1.69 bits per heavy atom. The number of hydrogen-bond donors (Lipinski definition) is 0. The van der Waals surface area contributed by atoms with E-state index in [2.05, 4.69) is 0 Å². The molecule has 0 saturated heterocycles. The van der Waals surface area contributed by atoms with E-state index in [0.29, 0.717) is 39.3 Å². The van der Waals surface area contributed by atoms with E-state index in [4.69, 9.17) is 18.6 Å². The van der Waals surface area contributed by atoms with Gasteiger partial charge in [0.05, 0.1) is 30.1 Å². The molecule has 0 radical (unpaired) electrons. The van der Waals surface area contributed by atoms with Crippen LogP contribution in [0.1, 0.15) is 5.56 Å². The number of benzene rings is 3. The van der Waals surface area contributed by atoms with Crippen LogP contribution in [0.15, 0.2) is 76.1 Å². The number of nitro groups is 1. The van der Waals surface area contributed by atoms with E-state index in [0.717, 1.165) is 5.56 Å². The number of methoxy groups -OCH3 is 2. The average molecular weight is 433 g/mol. The van der Waals surface area contributed by atoms with E-state index in [1.54, 1.807) is 55.6 Å². The molecule has 4 aromatic rings. The molecule has 32 heavy (non-hydrogen) atoms. The molecule has 0 aliphatic rings. The first-order valence-electron chi connectivity index (χ1n) is 9.64. The highest BCUT2D eigenvalue weighted by Gasteiger charge is 2.13. The molecule has 0 amide bonds. The minimum atomic E-state index is -0.452. The van der Waals surface area contributed by atoms with Crippen LogP contribution in [0.4, 0.5) is 5.69 Å². The van der Waals surface area contributed by atoms with E-state index in [-0.39, 0.29) is 17.7 Å². The van der Waals surface area contributed by atoms with Gasteiger partial charge in [0.1, 0.15) is 24.2 Å². The summed E-state index contributed by atoms with van der Waals surface area (Å²) in [4.78, 5) is 23.3. The Hall–Kier alpha value is -4.33. The van der Waals surface area contributed by atoms with Crippen LogP contribution in [-0.2, 0) is 6.61 Å². The molecule has 0 N–H and O–H groups in total. The van der Waals surface area contributed by atoms with Gasteiger partial charge < -0.3 is 18.6 Å². The molecule has 1 aromatic heterocycles. The van der Waals surface area contributed by atoms with Gasteiger partial charge in [-0.25, -0.2) is 0 Å². The molecule has 1 heterocycles. The first-order valence-corrected chi connectivity index (χ1v) is 9.64. The topological polar surface area (TPSA) is 101 Å². The molecule has 8 heteroatoms. The summed E-state index contributed by atoms with van der Waals surface area (Å²) in [5, 5.41) is 11.2. The standard InChI is InChI=1S/C24H19NO7/c1-29-21-10-5-16(11-23(21)30-2)20-14-32-22-12-18(8-9-19(22)24(20)26)31-13-15-3-6-17(7-4-15)25(27)28/h3-12,14H,13H2,1-2H3. The second kappa shape index (κ2) is 8.81. The van der Waals surface area contributed by atoms with Gasteiger partial charge in [-0.1, -0.05) is 6.07 Å². The molecule has 0 unspecified atom stereocenters. The summed E-state index contributed by atoms with van der Waals surface area (Å²) in [6, 6.07) is 16.3. The smallest absolute Gasteiger partial charge is 0.269 e. The quantitative estimate of drug-likeness (QED) is 0.300. The van der Waals surface area contributed by atoms with Crippen LogP contribution in [0, 0.1) is 10.1 Å². The van der Waals surface area contributed by atoms with E-state index < -0.39 is 4.92 Å². The van der Waals surface area contributed by atoms with Gasteiger partial charge in [0.25, 0.3) is 5.69 Å². The fraction of sp³-hybridized carbons (Fsp3) is 0.125. The third kappa shape index (κ3) is 4.11. The molecular formula is C24H19NO7. The van der Waals surface area contributed by atoms with Gasteiger partial charge in [0.2, 0.25) is 0 Å². The fourth-order valence-electron chi connectivity index (χ4n) is 3.28. The zero-order chi connectivity index (χ0) is 22.7. The summed E-state index contributed by atoms with van der Waals surface area (Å²) >= 11 is 0. The SMILES string of the molecule is COc1ccc(-c2coc3cc(OCc4ccc([N+](=O)[O-])cc4)ccc3c2=O)cc1OC. The molecule has 0 bridgehead atoms. The summed E-state index contributed by atoms with van der Waals surface area (Å²) in [6.07, 6.45) is 1.41. The Labute approximate surface area is 182 Å². The molecule has 0 atom stereocenters. The molecule has 3 aromatic carbocycles. The molecule has 0 aliphatic heterocycles. The summed E-state index contributed by atoms with van der Waals surface area (Å²) in [5.41, 5.74) is 2.06. The van der Waals surface area contributed by atoms with Gasteiger partial charge in [-0.3, -0.25) is 14.9 Å². The molecule has 0 saturated carbocycles. The third-order valence-electron chi connectivity index (χ3n) is 4.99. The molecular weight excluding hydrogens is 414 g/mol. The van der Waals surface area contributed by atoms with Gasteiger partial charge in [-0.15, -0.1) is 0 Å². The van der Waals surface area contributed by atoms with Gasteiger partial charge in [-0.05, 0) is 47.5 Å². The Balaban J connectivity index is 1.58. The van der Waals surface area contributed by atoms with E-state index >= 15 is 0 Å². The summed E-state index contributed by atoms with van der Waals surface area (Å²) < 4.78 is 22.0. The van der Waals surface area contributed by atoms with Crippen molar-refractivity contribution in [3.63, 3.8) is 0 Å². The van der Waals surface area contributed by atoms with Crippen molar-refractivity contribution in [1.82, 2.24) is 0 Å². The monoisotopic (exact) mass is 433 g/mol. The molecule has 8 nitrogen and oxygen atoms in total. The number of nitrogens with zero attached hydrogens (tertiary/aromatic N) is 1. The van der Waals surface area contributed by atoms with Crippen molar-refractivity contribution in [2.45, 2.75) is 6.61 Å². The Morgan fingerprint density at radius 3 is 2.38 bits per heavy atom. The minimum absolute atomic E-state index is 0.0199. The molecule has 0 fully saturated rings. The minimum Gasteiger partial charge on any atom is -0.493 e. The maximum Gasteiger partial charge on any atom is 0.269 e. The zero-order valence-corrected chi connectivity index (χ0v) is 17.4. The zero-order valence-electron chi connectivity index (χ0n) is 17.4. The first kappa shape index (κ1) is 20.9. The van der Waals surface area contributed by atoms with Crippen LogP contribution < -0.4 is 19.6 Å². The Kier molecular flexibility index (Phi) is 5.76. The molecule has 0 spiro atoms. The van der Waals surface area contributed by atoms with Crippen molar-refractivity contribution in [3.8, 4) is 28.4 Å². The highest BCUT2D eigenvalue weighted by atomic mass is 16.6. The lowest BCUT2D eigenvalue weighted by Gasteiger charge is -2.10. The van der Waals surface area contributed by atoms with Crippen LogP contribution in [-0.4, -0.2) is 19.1 Å². The number of rotatable bonds is 7. The first-order chi connectivity index (χ1) is 15.5. The van der Waals surface area contributed by atoms with Crippen LogP contribution in [0.5, 0.6) is 17.2 Å². The Bertz CT molecular complexity index is 1340. The van der Waals surface area contributed by atoms with E-state index in [1.807, 2.05) is 0 Å². The van der Waals surface area contributed by atoms with E-state index in [9.17, 15) is 14.9 Å². The Morgan fingerprint density at radius 1 is 0.938 bits per heavy atom. The summed E-state index contributed by atoms with van der Waals surface area (Å²) in [5.74, 6) is 1.59. The van der Waals surface area contributed by atoms with Crippen molar-refractivity contribution in [2.24, 2.45) is 0 Å². The highest BCUT2D eigenvalue weighted by molar-refractivity contribution is 5.83. The number of nitro benzene ring substituents is 1. The third-order valence-corrected chi connectivity index (χ3v) is 4.99. The maximum absolute atomic E-state index is 13.0. The van der Waals surface area contributed by atoms with Crippen molar-refractivity contribution < 1.29 is 23.6 Å². The number of fused-ring (bicyclic) bond motifs is 1. The molecule has 4 rings (SSSR count). The molecule has 162 valence electrons. The van der Waals surface area contributed by atoms with Gasteiger partial charge >= 0.3 is 0 Å². The van der Waals surface area contributed by atoms with Crippen LogP contribution in [0.25, 0.3) is 22.1 Å². The summed E-state index contributed by atoms with van der Waals surface area (Å²) in [7, 11) is 3.08. The average Bonchev–Trinajstić information content (AvgIpc) is 2.82. The van der Waals surface area contributed by atoms with Gasteiger partial charge in [0, 0.05) is 18.2 Å². The van der Waals surface area contributed by atoms with Gasteiger partial charge in [0.15, 0.2) is 16.9 Å².